The molecule has 146 valence electrons. The Morgan fingerprint density at radius 3 is 2.43 bits per heavy atom. The Morgan fingerprint density at radius 1 is 1.00 bits per heavy atom. The quantitative estimate of drug-likeness (QED) is 0.722. The Labute approximate surface area is 160 Å². The number of benzene rings is 2. The maximum atomic E-state index is 13.5. The number of rotatable bonds is 4. The summed E-state index contributed by atoms with van der Waals surface area (Å²) in [5.74, 6) is -1.93. The molecule has 0 aliphatic carbocycles. The molecule has 28 heavy (non-hydrogen) atoms. The molecule has 9 heteroatoms. The minimum Gasteiger partial charge on any atom is -0.378 e. The predicted molar refractivity (Wildman–Crippen MR) is 102 cm³/mol. The molecule has 1 N–H and O–H groups in total. The van der Waals surface area contributed by atoms with Gasteiger partial charge < -0.3 is 9.64 Å². The number of aromatic nitrogens is 1. The van der Waals surface area contributed by atoms with Gasteiger partial charge in [0.15, 0.2) is 0 Å². The summed E-state index contributed by atoms with van der Waals surface area (Å²) in [5.41, 5.74) is 1.23. The molecule has 1 aliphatic rings. The second-order valence-corrected chi connectivity index (χ2v) is 8.05. The molecule has 0 atom stereocenters. The highest BCUT2D eigenvalue weighted by Gasteiger charge is 2.20. The molecule has 1 fully saturated rings. The zero-order chi connectivity index (χ0) is 19.7. The molecule has 0 bridgehead atoms. The number of nitrogens with zero attached hydrogens (tertiary/aromatic N) is 2. The van der Waals surface area contributed by atoms with Crippen LogP contribution in [-0.4, -0.2) is 39.7 Å². The van der Waals surface area contributed by atoms with Crippen molar-refractivity contribution in [3.05, 3.63) is 60.4 Å². The summed E-state index contributed by atoms with van der Waals surface area (Å²) in [6, 6.07) is 7.41. The van der Waals surface area contributed by atoms with Crippen LogP contribution in [0.4, 0.5) is 20.2 Å². The highest BCUT2D eigenvalue weighted by atomic mass is 32.2. The number of ether oxygens (including phenoxy) is 1. The van der Waals surface area contributed by atoms with Crippen LogP contribution in [0.15, 0.2) is 53.7 Å². The van der Waals surface area contributed by atoms with Crippen LogP contribution in [0, 0.1) is 11.6 Å². The third kappa shape index (κ3) is 3.63. The smallest absolute Gasteiger partial charge is 0.262 e. The fourth-order valence-electron chi connectivity index (χ4n) is 3.23. The lowest BCUT2D eigenvalue weighted by Crippen LogP contribution is -2.36. The highest BCUT2D eigenvalue weighted by Crippen LogP contribution is 2.33. The number of anilines is 2. The van der Waals surface area contributed by atoms with E-state index in [2.05, 4.69) is 14.6 Å². The van der Waals surface area contributed by atoms with Gasteiger partial charge in [0.25, 0.3) is 10.0 Å². The van der Waals surface area contributed by atoms with Crippen molar-refractivity contribution in [2.75, 3.05) is 35.9 Å². The normalized spacial score (nSPS) is 15.0. The number of halogens is 2. The second-order valence-electron chi connectivity index (χ2n) is 6.36. The molecular formula is C19H17F2N3O3S. The van der Waals surface area contributed by atoms with Crippen LogP contribution in [0.25, 0.3) is 10.8 Å². The third-order valence-corrected chi connectivity index (χ3v) is 5.88. The molecule has 0 spiro atoms. The van der Waals surface area contributed by atoms with Gasteiger partial charge in [0.1, 0.15) is 11.6 Å². The fraction of sp³-hybridized carbons (Fsp3) is 0.211. The Morgan fingerprint density at radius 2 is 1.71 bits per heavy atom. The Hall–Kier alpha value is -2.78. The van der Waals surface area contributed by atoms with Crippen LogP contribution in [0.2, 0.25) is 0 Å². The number of pyridine rings is 1. The molecule has 1 aliphatic heterocycles. The summed E-state index contributed by atoms with van der Waals surface area (Å²) in [6.45, 7) is 2.69. The van der Waals surface area contributed by atoms with Gasteiger partial charge in [0.05, 0.1) is 23.8 Å². The summed E-state index contributed by atoms with van der Waals surface area (Å²) in [4.78, 5) is 5.76. The monoisotopic (exact) mass is 405 g/mol. The van der Waals surface area contributed by atoms with Crippen molar-refractivity contribution in [1.29, 1.82) is 0 Å². The Bertz CT molecular complexity index is 1110. The number of sulfonamides is 1. The summed E-state index contributed by atoms with van der Waals surface area (Å²) < 4.78 is 60.0. The summed E-state index contributed by atoms with van der Waals surface area (Å²) in [5, 5.41) is 1.41. The topological polar surface area (TPSA) is 71.5 Å². The molecule has 6 nitrogen and oxygen atoms in total. The van der Waals surface area contributed by atoms with E-state index in [0.29, 0.717) is 24.7 Å². The minimum atomic E-state index is -4.18. The molecule has 1 aromatic heterocycles. The molecule has 2 aromatic carbocycles. The van der Waals surface area contributed by atoms with Gasteiger partial charge >= 0.3 is 0 Å². The number of hydrogen-bond acceptors (Lipinski definition) is 5. The Balaban J connectivity index is 1.75. The molecule has 3 aromatic rings. The zero-order valence-corrected chi connectivity index (χ0v) is 15.5. The lowest BCUT2D eigenvalue weighted by Gasteiger charge is -2.30. The fourth-order valence-corrected chi connectivity index (χ4v) is 4.35. The van der Waals surface area contributed by atoms with Crippen molar-refractivity contribution in [3.63, 3.8) is 0 Å². The van der Waals surface area contributed by atoms with E-state index in [1.54, 1.807) is 24.5 Å². The zero-order valence-electron chi connectivity index (χ0n) is 14.7. The van der Waals surface area contributed by atoms with Gasteiger partial charge in [-0.25, -0.2) is 17.2 Å². The summed E-state index contributed by atoms with van der Waals surface area (Å²) in [7, 11) is -4.18. The summed E-state index contributed by atoms with van der Waals surface area (Å²) >= 11 is 0. The van der Waals surface area contributed by atoms with Crippen LogP contribution in [0.1, 0.15) is 0 Å². The van der Waals surface area contributed by atoms with E-state index in [0.717, 1.165) is 36.3 Å². The first-order valence-electron chi connectivity index (χ1n) is 8.62. The average Bonchev–Trinajstić information content (AvgIpc) is 2.68. The predicted octanol–water partition coefficient (Wildman–Crippen LogP) is 3.15. The van der Waals surface area contributed by atoms with Crippen LogP contribution in [0.3, 0.4) is 0 Å². The van der Waals surface area contributed by atoms with Crippen molar-refractivity contribution in [1.82, 2.24) is 4.98 Å². The van der Waals surface area contributed by atoms with E-state index in [9.17, 15) is 17.2 Å². The number of hydrogen-bond donors (Lipinski definition) is 1. The highest BCUT2D eigenvalue weighted by molar-refractivity contribution is 7.92. The molecule has 2 heterocycles. The van der Waals surface area contributed by atoms with Crippen molar-refractivity contribution in [2.24, 2.45) is 0 Å². The maximum absolute atomic E-state index is 13.5. The van der Waals surface area contributed by atoms with E-state index < -0.39 is 26.6 Å². The lowest BCUT2D eigenvalue weighted by molar-refractivity contribution is 0.123. The van der Waals surface area contributed by atoms with Crippen LogP contribution in [-0.2, 0) is 14.8 Å². The minimum absolute atomic E-state index is 0.282. The van der Waals surface area contributed by atoms with Gasteiger partial charge in [-0.15, -0.1) is 0 Å². The van der Waals surface area contributed by atoms with Gasteiger partial charge in [-0.2, -0.15) is 0 Å². The Kier molecular flexibility index (Phi) is 4.86. The van der Waals surface area contributed by atoms with E-state index >= 15 is 0 Å². The van der Waals surface area contributed by atoms with Crippen LogP contribution >= 0.6 is 0 Å². The van der Waals surface area contributed by atoms with E-state index in [1.165, 1.54) is 0 Å². The molecule has 0 saturated carbocycles. The SMILES string of the molecule is O=S(=O)(Nc1ccc(N2CCOCC2)c2ccncc12)c1cc(F)cc(F)c1. The van der Waals surface area contributed by atoms with E-state index in [4.69, 9.17) is 4.74 Å². The summed E-state index contributed by atoms with van der Waals surface area (Å²) in [6.07, 6.45) is 3.19. The van der Waals surface area contributed by atoms with Gasteiger partial charge in [-0.1, -0.05) is 0 Å². The first-order chi connectivity index (χ1) is 13.4. The number of morpholine rings is 1. The standard InChI is InChI=1S/C19H17F2N3O3S/c20-13-9-14(21)11-15(10-13)28(25,26)23-18-1-2-19(24-5-7-27-8-6-24)16-3-4-22-12-17(16)18/h1-4,9-12,23H,5-8H2. The largest absolute Gasteiger partial charge is 0.378 e. The van der Waals surface area contributed by atoms with Gasteiger partial charge in [0.2, 0.25) is 0 Å². The maximum Gasteiger partial charge on any atom is 0.262 e. The van der Waals surface area contributed by atoms with Crippen molar-refractivity contribution in [2.45, 2.75) is 4.90 Å². The second kappa shape index (κ2) is 7.33. The molecular weight excluding hydrogens is 388 g/mol. The molecule has 1 saturated heterocycles. The molecule has 4 rings (SSSR count). The van der Waals surface area contributed by atoms with Gasteiger partial charge in [-0.3, -0.25) is 9.71 Å². The van der Waals surface area contributed by atoms with Crippen LogP contribution < -0.4 is 9.62 Å². The first kappa shape index (κ1) is 18.6. The third-order valence-electron chi connectivity index (χ3n) is 4.54. The number of fused-ring (bicyclic) bond motifs is 1. The molecule has 0 radical (unpaired) electrons. The van der Waals surface area contributed by atoms with Crippen molar-refractivity contribution >= 4 is 32.2 Å². The first-order valence-corrected chi connectivity index (χ1v) is 10.1. The van der Waals surface area contributed by atoms with Gasteiger partial charge in [-0.05, 0) is 30.3 Å². The average molecular weight is 405 g/mol. The van der Waals surface area contributed by atoms with Crippen molar-refractivity contribution in [3.8, 4) is 0 Å². The molecule has 0 amide bonds. The molecule has 0 unspecified atom stereocenters. The number of nitrogens with one attached hydrogen (secondary N) is 1. The van der Waals surface area contributed by atoms with E-state index in [-0.39, 0.29) is 5.69 Å². The van der Waals surface area contributed by atoms with Crippen molar-refractivity contribution < 1.29 is 21.9 Å². The van der Waals surface area contributed by atoms with E-state index in [1.807, 2.05) is 6.07 Å². The van der Waals surface area contributed by atoms with Crippen LogP contribution in [0.5, 0.6) is 0 Å². The van der Waals surface area contributed by atoms with Gasteiger partial charge in [0, 0.05) is 48.0 Å². The lowest BCUT2D eigenvalue weighted by atomic mass is 10.1.